The fourth-order valence-electron chi connectivity index (χ4n) is 2.26. The predicted molar refractivity (Wildman–Crippen MR) is 72.6 cm³/mol. The SMILES string of the molecule is Cc1ccc2c(c1)C(Nc1ccccc1F)C(=O)N2. The highest BCUT2D eigenvalue weighted by atomic mass is 19.1. The number of benzene rings is 2. The summed E-state index contributed by atoms with van der Waals surface area (Å²) in [4.78, 5) is 12.0. The van der Waals surface area contributed by atoms with Crippen molar-refractivity contribution in [3.8, 4) is 0 Å². The number of amides is 1. The van der Waals surface area contributed by atoms with Crippen molar-refractivity contribution in [3.05, 3.63) is 59.4 Å². The average Bonchev–Trinajstić information content (AvgIpc) is 2.69. The number of hydrogen-bond donors (Lipinski definition) is 2. The summed E-state index contributed by atoms with van der Waals surface area (Å²) in [5.41, 5.74) is 3.03. The van der Waals surface area contributed by atoms with Gasteiger partial charge in [0, 0.05) is 11.3 Å². The number of hydrogen-bond acceptors (Lipinski definition) is 2. The summed E-state index contributed by atoms with van der Waals surface area (Å²) in [6.45, 7) is 1.96. The number of para-hydroxylation sites is 1. The Hall–Kier alpha value is -2.36. The Morgan fingerprint density at radius 1 is 1.21 bits per heavy atom. The molecule has 2 aromatic rings. The van der Waals surface area contributed by atoms with Crippen molar-refractivity contribution in [2.75, 3.05) is 10.6 Å². The maximum absolute atomic E-state index is 13.6. The van der Waals surface area contributed by atoms with Crippen LogP contribution in [0, 0.1) is 12.7 Å². The van der Waals surface area contributed by atoms with Crippen molar-refractivity contribution in [3.63, 3.8) is 0 Å². The molecule has 3 rings (SSSR count). The van der Waals surface area contributed by atoms with Gasteiger partial charge >= 0.3 is 0 Å². The molecule has 0 aliphatic carbocycles. The highest BCUT2D eigenvalue weighted by Crippen LogP contribution is 2.34. The van der Waals surface area contributed by atoms with Crippen LogP contribution in [0.3, 0.4) is 0 Å². The molecule has 1 aliphatic heterocycles. The van der Waals surface area contributed by atoms with E-state index in [1.54, 1.807) is 18.2 Å². The fraction of sp³-hybridized carbons (Fsp3) is 0.133. The van der Waals surface area contributed by atoms with E-state index in [0.717, 1.165) is 16.8 Å². The molecule has 96 valence electrons. The van der Waals surface area contributed by atoms with Crippen LogP contribution >= 0.6 is 0 Å². The zero-order valence-electron chi connectivity index (χ0n) is 10.4. The minimum atomic E-state index is -0.549. The Balaban J connectivity index is 1.97. The second-order valence-corrected chi connectivity index (χ2v) is 4.64. The fourth-order valence-corrected chi connectivity index (χ4v) is 2.26. The number of halogens is 1. The number of aryl methyl sites for hydroxylation is 1. The van der Waals surface area contributed by atoms with Crippen molar-refractivity contribution < 1.29 is 9.18 Å². The van der Waals surface area contributed by atoms with E-state index in [2.05, 4.69) is 10.6 Å². The monoisotopic (exact) mass is 256 g/mol. The topological polar surface area (TPSA) is 41.1 Å². The van der Waals surface area contributed by atoms with Crippen LogP contribution in [0.5, 0.6) is 0 Å². The van der Waals surface area contributed by atoms with Gasteiger partial charge in [-0.1, -0.05) is 29.8 Å². The Kier molecular flexibility index (Phi) is 2.71. The first kappa shape index (κ1) is 11.7. The van der Waals surface area contributed by atoms with Crippen molar-refractivity contribution in [1.29, 1.82) is 0 Å². The zero-order valence-corrected chi connectivity index (χ0v) is 10.4. The van der Waals surface area contributed by atoms with Gasteiger partial charge in [0.15, 0.2) is 0 Å². The van der Waals surface area contributed by atoms with Gasteiger partial charge in [0.2, 0.25) is 0 Å². The third-order valence-electron chi connectivity index (χ3n) is 3.21. The zero-order chi connectivity index (χ0) is 13.4. The molecule has 1 aliphatic rings. The summed E-state index contributed by atoms with van der Waals surface area (Å²) in [6.07, 6.45) is 0. The molecule has 2 aromatic carbocycles. The lowest BCUT2D eigenvalue weighted by molar-refractivity contribution is -0.116. The summed E-state index contributed by atoms with van der Waals surface area (Å²) in [5, 5.41) is 5.75. The minimum absolute atomic E-state index is 0.163. The van der Waals surface area contributed by atoms with Gasteiger partial charge in [-0.15, -0.1) is 0 Å². The smallest absolute Gasteiger partial charge is 0.251 e. The third kappa shape index (κ3) is 2.05. The number of nitrogens with one attached hydrogen (secondary N) is 2. The van der Waals surface area contributed by atoms with Gasteiger partial charge in [0.1, 0.15) is 11.9 Å². The van der Waals surface area contributed by atoms with Crippen molar-refractivity contribution in [2.24, 2.45) is 0 Å². The van der Waals surface area contributed by atoms with E-state index in [0.29, 0.717) is 5.69 Å². The van der Waals surface area contributed by atoms with E-state index < -0.39 is 6.04 Å². The van der Waals surface area contributed by atoms with Gasteiger partial charge in [0.05, 0.1) is 5.69 Å². The Morgan fingerprint density at radius 3 is 2.79 bits per heavy atom. The highest BCUT2D eigenvalue weighted by Gasteiger charge is 2.30. The number of anilines is 2. The normalized spacial score (nSPS) is 16.9. The van der Waals surface area contributed by atoms with Crippen molar-refractivity contribution in [2.45, 2.75) is 13.0 Å². The van der Waals surface area contributed by atoms with E-state index in [9.17, 15) is 9.18 Å². The molecule has 2 N–H and O–H groups in total. The quantitative estimate of drug-likeness (QED) is 0.866. The number of rotatable bonds is 2. The lowest BCUT2D eigenvalue weighted by Crippen LogP contribution is -2.20. The van der Waals surface area contributed by atoms with Crippen molar-refractivity contribution >= 4 is 17.3 Å². The number of fused-ring (bicyclic) bond motifs is 1. The van der Waals surface area contributed by atoms with Crippen LogP contribution < -0.4 is 10.6 Å². The van der Waals surface area contributed by atoms with Crippen LogP contribution in [0.25, 0.3) is 0 Å². The average molecular weight is 256 g/mol. The summed E-state index contributed by atoms with van der Waals surface area (Å²) in [5.74, 6) is -0.528. The van der Waals surface area contributed by atoms with Gasteiger partial charge in [-0.25, -0.2) is 4.39 Å². The number of carbonyl (C=O) groups excluding carboxylic acids is 1. The molecule has 0 aromatic heterocycles. The maximum Gasteiger partial charge on any atom is 0.251 e. The van der Waals surface area contributed by atoms with Gasteiger partial charge in [-0.3, -0.25) is 4.79 Å². The van der Waals surface area contributed by atoms with E-state index >= 15 is 0 Å². The molecular formula is C15H13FN2O. The summed E-state index contributed by atoms with van der Waals surface area (Å²) in [7, 11) is 0. The first-order chi connectivity index (χ1) is 9.15. The van der Waals surface area contributed by atoms with Gasteiger partial charge in [0.25, 0.3) is 5.91 Å². The van der Waals surface area contributed by atoms with E-state index in [-0.39, 0.29) is 11.7 Å². The van der Waals surface area contributed by atoms with E-state index in [1.807, 2.05) is 25.1 Å². The first-order valence-electron chi connectivity index (χ1n) is 6.07. The molecule has 0 spiro atoms. The highest BCUT2D eigenvalue weighted by molar-refractivity contribution is 6.04. The van der Waals surface area contributed by atoms with Gasteiger partial charge < -0.3 is 10.6 Å². The largest absolute Gasteiger partial charge is 0.368 e. The van der Waals surface area contributed by atoms with Crippen LogP contribution in [0.15, 0.2) is 42.5 Å². The van der Waals surface area contributed by atoms with E-state index in [1.165, 1.54) is 6.07 Å². The lowest BCUT2D eigenvalue weighted by atomic mass is 10.1. The maximum atomic E-state index is 13.6. The van der Waals surface area contributed by atoms with Gasteiger partial charge in [-0.05, 0) is 25.1 Å². The molecule has 1 amide bonds. The van der Waals surface area contributed by atoms with Crippen molar-refractivity contribution in [1.82, 2.24) is 0 Å². The molecule has 0 bridgehead atoms. The lowest BCUT2D eigenvalue weighted by Gasteiger charge is -2.13. The number of carbonyl (C=O) groups is 1. The van der Waals surface area contributed by atoms with Crippen LogP contribution in [0.1, 0.15) is 17.2 Å². The predicted octanol–water partition coefficient (Wildman–Crippen LogP) is 3.24. The van der Waals surface area contributed by atoms with E-state index in [4.69, 9.17) is 0 Å². The van der Waals surface area contributed by atoms with Gasteiger partial charge in [-0.2, -0.15) is 0 Å². The summed E-state index contributed by atoms with van der Waals surface area (Å²) < 4.78 is 13.6. The minimum Gasteiger partial charge on any atom is -0.368 e. The molecule has 3 nitrogen and oxygen atoms in total. The molecule has 19 heavy (non-hydrogen) atoms. The molecule has 0 radical (unpaired) electrons. The molecule has 1 heterocycles. The molecule has 0 fully saturated rings. The van der Waals surface area contributed by atoms with Crippen LogP contribution in [0.2, 0.25) is 0 Å². The Morgan fingerprint density at radius 2 is 2.00 bits per heavy atom. The third-order valence-corrected chi connectivity index (χ3v) is 3.21. The molecule has 1 atom stereocenters. The molecule has 4 heteroatoms. The summed E-state index contributed by atoms with van der Waals surface area (Å²) in [6, 6.07) is 11.5. The standard InChI is InChI=1S/C15H13FN2O/c1-9-6-7-12-10(8-9)14(15(19)18-12)17-13-5-3-2-4-11(13)16/h2-8,14,17H,1H3,(H,18,19). The van der Waals surface area contributed by atoms with Crippen LogP contribution in [0.4, 0.5) is 15.8 Å². The second-order valence-electron chi connectivity index (χ2n) is 4.64. The summed E-state index contributed by atoms with van der Waals surface area (Å²) >= 11 is 0. The van der Waals surface area contributed by atoms with Crippen LogP contribution in [-0.2, 0) is 4.79 Å². The molecule has 0 saturated carbocycles. The molecular weight excluding hydrogens is 243 g/mol. The molecule has 1 unspecified atom stereocenters. The molecule has 0 saturated heterocycles. The van der Waals surface area contributed by atoms with Crippen LogP contribution in [-0.4, -0.2) is 5.91 Å². The second kappa shape index (κ2) is 4.39. The Labute approximate surface area is 110 Å². The Bertz CT molecular complexity index is 654. The first-order valence-corrected chi connectivity index (χ1v) is 6.07.